The van der Waals surface area contributed by atoms with Crippen LogP contribution in [0.15, 0.2) is 77.7 Å². The highest BCUT2D eigenvalue weighted by atomic mass is 35.5. The second kappa shape index (κ2) is 8.61. The minimum Gasteiger partial charge on any atom is -0.476 e. The molecule has 1 aliphatic heterocycles. The number of para-hydroxylation sites is 2. The van der Waals surface area contributed by atoms with Gasteiger partial charge in [0.25, 0.3) is 15.9 Å². The lowest BCUT2D eigenvalue weighted by atomic mass is 10.2. The number of hydrogen-bond donors (Lipinski definition) is 1. The summed E-state index contributed by atoms with van der Waals surface area (Å²) in [5.41, 5.74) is 2.24. The summed E-state index contributed by atoms with van der Waals surface area (Å²) in [5, 5.41) is 3.42. The Morgan fingerprint density at radius 1 is 1.06 bits per heavy atom. The Labute approximate surface area is 186 Å². The smallest absolute Gasteiger partial charge is 0.264 e. The van der Waals surface area contributed by atoms with E-state index in [9.17, 15) is 13.2 Å². The van der Waals surface area contributed by atoms with Crippen LogP contribution < -0.4 is 14.4 Å². The Kier molecular flexibility index (Phi) is 5.89. The Morgan fingerprint density at radius 3 is 2.45 bits per heavy atom. The summed E-state index contributed by atoms with van der Waals surface area (Å²) in [6.07, 6.45) is -0.984. The number of sulfonamides is 1. The zero-order valence-corrected chi connectivity index (χ0v) is 18.4. The van der Waals surface area contributed by atoms with Gasteiger partial charge in [-0.25, -0.2) is 8.42 Å². The predicted molar refractivity (Wildman–Crippen MR) is 120 cm³/mol. The number of anilines is 1. The van der Waals surface area contributed by atoms with Crippen molar-refractivity contribution in [3.63, 3.8) is 0 Å². The van der Waals surface area contributed by atoms with Crippen LogP contribution in [0.1, 0.15) is 11.1 Å². The summed E-state index contributed by atoms with van der Waals surface area (Å²) in [6.45, 7) is 2.05. The summed E-state index contributed by atoms with van der Waals surface area (Å²) in [7, 11) is -3.87. The molecule has 0 saturated heterocycles. The molecule has 0 aliphatic carbocycles. The SMILES string of the molecule is Cc1ccc(S(=O)(=O)N2CC(C(=O)NCc3ccc(Cl)cc3)Oc3ccccc32)cc1. The third-order valence-electron chi connectivity index (χ3n) is 5.02. The van der Waals surface area contributed by atoms with Crippen molar-refractivity contribution in [3.05, 3.63) is 88.9 Å². The number of rotatable bonds is 5. The number of nitrogens with zero attached hydrogens (tertiary/aromatic N) is 1. The minimum absolute atomic E-state index is 0.125. The number of fused-ring (bicyclic) bond motifs is 1. The molecule has 0 fully saturated rings. The fourth-order valence-electron chi connectivity index (χ4n) is 3.31. The molecule has 1 amide bonds. The first-order valence-electron chi connectivity index (χ1n) is 9.72. The quantitative estimate of drug-likeness (QED) is 0.631. The Bertz CT molecular complexity index is 1200. The van der Waals surface area contributed by atoms with E-state index in [-0.39, 0.29) is 18.0 Å². The molecular formula is C23H21ClN2O4S. The number of ether oxygens (including phenoxy) is 1. The average Bonchev–Trinajstić information content (AvgIpc) is 2.78. The van der Waals surface area contributed by atoms with Crippen molar-refractivity contribution in [3.8, 4) is 5.75 Å². The highest BCUT2D eigenvalue weighted by Crippen LogP contribution is 2.36. The maximum Gasteiger partial charge on any atom is 0.264 e. The van der Waals surface area contributed by atoms with Crippen LogP contribution in [0.3, 0.4) is 0 Å². The number of nitrogens with one attached hydrogen (secondary N) is 1. The van der Waals surface area contributed by atoms with Crippen molar-refractivity contribution in [1.82, 2.24) is 5.32 Å². The summed E-state index contributed by atoms with van der Waals surface area (Å²) < 4.78 is 33.8. The molecular weight excluding hydrogens is 436 g/mol. The lowest BCUT2D eigenvalue weighted by molar-refractivity contribution is -0.127. The number of hydrogen-bond acceptors (Lipinski definition) is 4. The van der Waals surface area contributed by atoms with Gasteiger partial charge in [-0.05, 0) is 48.9 Å². The highest BCUT2D eigenvalue weighted by molar-refractivity contribution is 7.92. The molecule has 3 aromatic carbocycles. The first-order chi connectivity index (χ1) is 14.8. The lowest BCUT2D eigenvalue weighted by Gasteiger charge is -2.34. The maximum atomic E-state index is 13.4. The van der Waals surface area contributed by atoms with Gasteiger partial charge in [0.05, 0.1) is 17.1 Å². The zero-order chi connectivity index (χ0) is 22.0. The summed E-state index contributed by atoms with van der Waals surface area (Å²) in [6, 6.07) is 20.5. The van der Waals surface area contributed by atoms with Crippen LogP contribution in [0.2, 0.25) is 5.02 Å². The summed E-state index contributed by atoms with van der Waals surface area (Å²) in [4.78, 5) is 13.0. The van der Waals surface area contributed by atoms with Gasteiger partial charge in [-0.15, -0.1) is 0 Å². The van der Waals surface area contributed by atoms with Gasteiger partial charge < -0.3 is 10.1 Å². The van der Waals surface area contributed by atoms with Gasteiger partial charge in [0, 0.05) is 11.6 Å². The van der Waals surface area contributed by atoms with E-state index in [2.05, 4.69) is 5.32 Å². The molecule has 1 atom stereocenters. The normalized spacial score (nSPS) is 15.7. The molecule has 8 heteroatoms. The highest BCUT2D eigenvalue weighted by Gasteiger charge is 2.37. The number of benzene rings is 3. The zero-order valence-electron chi connectivity index (χ0n) is 16.8. The third-order valence-corrected chi connectivity index (χ3v) is 7.06. The van der Waals surface area contributed by atoms with Crippen LogP contribution in [0.25, 0.3) is 0 Å². The van der Waals surface area contributed by atoms with Gasteiger partial charge >= 0.3 is 0 Å². The Hall–Kier alpha value is -3.03. The summed E-state index contributed by atoms with van der Waals surface area (Å²) in [5.74, 6) is -0.0513. The number of carbonyl (C=O) groups is 1. The van der Waals surface area contributed by atoms with Crippen LogP contribution in [0, 0.1) is 6.92 Å². The van der Waals surface area contributed by atoms with E-state index < -0.39 is 22.0 Å². The molecule has 0 spiro atoms. The number of aryl methyl sites for hydroxylation is 1. The molecule has 4 rings (SSSR count). The number of halogens is 1. The second-order valence-electron chi connectivity index (χ2n) is 7.27. The monoisotopic (exact) mass is 456 g/mol. The molecule has 160 valence electrons. The molecule has 3 aromatic rings. The predicted octanol–water partition coefficient (Wildman–Crippen LogP) is 3.92. The van der Waals surface area contributed by atoms with Crippen molar-refractivity contribution < 1.29 is 17.9 Å². The van der Waals surface area contributed by atoms with Gasteiger partial charge in [-0.1, -0.05) is 53.6 Å². The maximum absolute atomic E-state index is 13.4. The van der Waals surface area contributed by atoms with Crippen LogP contribution in [-0.2, 0) is 21.4 Å². The fraction of sp³-hybridized carbons (Fsp3) is 0.174. The van der Waals surface area contributed by atoms with Crippen molar-refractivity contribution in [2.24, 2.45) is 0 Å². The molecule has 1 aliphatic rings. The van der Waals surface area contributed by atoms with E-state index in [4.69, 9.17) is 16.3 Å². The van der Waals surface area contributed by atoms with E-state index in [1.807, 2.05) is 19.1 Å². The van der Waals surface area contributed by atoms with Gasteiger partial charge in [0.15, 0.2) is 6.10 Å². The third kappa shape index (κ3) is 4.52. The largest absolute Gasteiger partial charge is 0.476 e. The molecule has 1 unspecified atom stereocenters. The Balaban J connectivity index is 1.58. The van der Waals surface area contributed by atoms with Crippen LogP contribution >= 0.6 is 11.6 Å². The van der Waals surface area contributed by atoms with Crippen molar-refractivity contribution in [2.45, 2.75) is 24.5 Å². The molecule has 0 radical (unpaired) electrons. The molecule has 0 bridgehead atoms. The van der Waals surface area contributed by atoms with Crippen molar-refractivity contribution in [2.75, 3.05) is 10.8 Å². The van der Waals surface area contributed by atoms with E-state index >= 15 is 0 Å². The van der Waals surface area contributed by atoms with Gasteiger partial charge in [-0.2, -0.15) is 0 Å². The Morgan fingerprint density at radius 2 is 1.74 bits per heavy atom. The molecule has 0 aromatic heterocycles. The molecule has 1 heterocycles. The van der Waals surface area contributed by atoms with Crippen LogP contribution in [0.5, 0.6) is 5.75 Å². The van der Waals surface area contributed by atoms with Crippen molar-refractivity contribution in [1.29, 1.82) is 0 Å². The van der Waals surface area contributed by atoms with E-state index in [0.717, 1.165) is 11.1 Å². The van der Waals surface area contributed by atoms with Gasteiger partial charge in [-0.3, -0.25) is 9.10 Å². The standard InChI is InChI=1S/C23H21ClN2O4S/c1-16-6-12-19(13-7-16)31(28,29)26-15-22(30-21-5-3-2-4-20(21)26)23(27)25-14-17-8-10-18(24)11-9-17/h2-13,22H,14-15H2,1H3,(H,25,27). The number of amides is 1. The van der Waals surface area contributed by atoms with Crippen LogP contribution in [0.4, 0.5) is 5.69 Å². The number of carbonyl (C=O) groups excluding carboxylic acids is 1. The van der Waals surface area contributed by atoms with Crippen LogP contribution in [-0.4, -0.2) is 27.0 Å². The minimum atomic E-state index is -3.87. The van der Waals surface area contributed by atoms with Crippen molar-refractivity contribution >= 4 is 33.2 Å². The van der Waals surface area contributed by atoms with E-state index in [1.54, 1.807) is 60.7 Å². The summed E-state index contributed by atoms with van der Waals surface area (Å²) >= 11 is 5.89. The molecule has 1 N–H and O–H groups in total. The molecule has 0 saturated carbocycles. The molecule has 31 heavy (non-hydrogen) atoms. The fourth-order valence-corrected chi connectivity index (χ4v) is 4.91. The average molecular weight is 457 g/mol. The lowest BCUT2D eigenvalue weighted by Crippen LogP contribution is -2.50. The first-order valence-corrected chi connectivity index (χ1v) is 11.5. The van der Waals surface area contributed by atoms with Gasteiger partial charge in [0.1, 0.15) is 5.75 Å². The molecule has 6 nitrogen and oxygen atoms in total. The first kappa shape index (κ1) is 21.2. The topological polar surface area (TPSA) is 75.7 Å². The van der Waals surface area contributed by atoms with E-state index in [1.165, 1.54) is 4.31 Å². The van der Waals surface area contributed by atoms with E-state index in [0.29, 0.717) is 16.5 Å². The van der Waals surface area contributed by atoms with Gasteiger partial charge in [0.2, 0.25) is 0 Å². The second-order valence-corrected chi connectivity index (χ2v) is 9.57.